The summed E-state index contributed by atoms with van der Waals surface area (Å²) in [7, 11) is 0. The van der Waals surface area contributed by atoms with Gasteiger partial charge in [-0.1, -0.05) is 24.3 Å². The topological polar surface area (TPSA) is 50.3 Å². The van der Waals surface area contributed by atoms with Crippen LogP contribution < -0.4 is 0 Å². The molecule has 1 aromatic heterocycles. The molecule has 1 aliphatic heterocycles. The lowest BCUT2D eigenvalue weighted by atomic mass is 10.1. The molecule has 0 aliphatic carbocycles. The summed E-state index contributed by atoms with van der Waals surface area (Å²) in [4.78, 5) is 29.2. The molecular weight excluding hydrogens is 252 g/mol. The van der Waals surface area contributed by atoms with E-state index in [9.17, 15) is 9.59 Å². The quantitative estimate of drug-likeness (QED) is 0.799. The molecule has 0 saturated heterocycles. The van der Waals surface area contributed by atoms with Gasteiger partial charge < -0.3 is 0 Å². The Hall–Kier alpha value is -2.49. The second kappa shape index (κ2) is 4.89. The fourth-order valence-corrected chi connectivity index (χ4v) is 2.45. The van der Waals surface area contributed by atoms with Gasteiger partial charge in [0.25, 0.3) is 11.8 Å². The van der Waals surface area contributed by atoms with Crippen molar-refractivity contribution in [2.45, 2.75) is 13.3 Å². The molecule has 3 rings (SSSR count). The summed E-state index contributed by atoms with van der Waals surface area (Å²) in [6.45, 7) is 2.06. The van der Waals surface area contributed by atoms with Crippen LogP contribution in [0.5, 0.6) is 0 Å². The highest BCUT2D eigenvalue weighted by molar-refractivity contribution is 6.15. The van der Waals surface area contributed by atoms with E-state index in [4.69, 9.17) is 0 Å². The Morgan fingerprint density at radius 3 is 2.70 bits per heavy atom. The molecule has 0 spiro atoms. The zero-order chi connectivity index (χ0) is 14.1. The van der Waals surface area contributed by atoms with Crippen LogP contribution in [-0.2, 0) is 16.0 Å². The Morgan fingerprint density at radius 2 is 1.95 bits per heavy atom. The number of para-hydroxylation sites is 1. The molecular formula is C16H14N2O2. The normalized spacial score (nSPS) is 15.1. The van der Waals surface area contributed by atoms with E-state index in [2.05, 4.69) is 4.98 Å². The van der Waals surface area contributed by atoms with Crippen LogP contribution in [-0.4, -0.2) is 28.2 Å². The first kappa shape index (κ1) is 12.5. The summed E-state index contributed by atoms with van der Waals surface area (Å²) in [5, 5.41) is 1.07. The number of aromatic nitrogens is 1. The van der Waals surface area contributed by atoms with Gasteiger partial charge in [-0.15, -0.1) is 0 Å². The van der Waals surface area contributed by atoms with Crippen molar-refractivity contribution in [2.75, 3.05) is 6.54 Å². The SMILES string of the molecule is CC1=CC(=O)N(CCc2cccc3cccnc23)C1=O. The minimum atomic E-state index is -0.222. The summed E-state index contributed by atoms with van der Waals surface area (Å²) in [6.07, 6.45) is 3.76. The van der Waals surface area contributed by atoms with E-state index >= 15 is 0 Å². The van der Waals surface area contributed by atoms with Crippen LogP contribution in [0.2, 0.25) is 0 Å². The lowest BCUT2D eigenvalue weighted by Gasteiger charge is -2.14. The molecule has 1 aromatic carbocycles. The fourth-order valence-electron chi connectivity index (χ4n) is 2.45. The van der Waals surface area contributed by atoms with E-state index in [1.807, 2.05) is 30.3 Å². The molecule has 2 amide bonds. The number of carbonyl (C=O) groups excluding carboxylic acids is 2. The summed E-state index contributed by atoms with van der Waals surface area (Å²) < 4.78 is 0. The number of carbonyl (C=O) groups is 2. The molecule has 100 valence electrons. The Labute approximate surface area is 116 Å². The second-order valence-electron chi connectivity index (χ2n) is 4.86. The van der Waals surface area contributed by atoms with E-state index in [1.54, 1.807) is 13.1 Å². The molecule has 0 fully saturated rings. The van der Waals surface area contributed by atoms with Crippen molar-refractivity contribution in [3.63, 3.8) is 0 Å². The van der Waals surface area contributed by atoms with Crippen LogP contribution in [0.4, 0.5) is 0 Å². The fraction of sp³-hybridized carbons (Fsp3) is 0.188. The lowest BCUT2D eigenvalue weighted by molar-refractivity contribution is -0.137. The first-order chi connectivity index (χ1) is 9.66. The van der Waals surface area contributed by atoms with Crippen molar-refractivity contribution >= 4 is 22.7 Å². The molecule has 1 aliphatic rings. The van der Waals surface area contributed by atoms with Gasteiger partial charge in [0.15, 0.2) is 0 Å². The maximum Gasteiger partial charge on any atom is 0.256 e. The van der Waals surface area contributed by atoms with E-state index in [0.29, 0.717) is 18.5 Å². The number of rotatable bonds is 3. The van der Waals surface area contributed by atoms with Crippen molar-refractivity contribution in [2.24, 2.45) is 0 Å². The number of benzene rings is 1. The van der Waals surface area contributed by atoms with Crippen LogP contribution >= 0.6 is 0 Å². The minimum Gasteiger partial charge on any atom is -0.275 e. The number of imide groups is 1. The Bertz CT molecular complexity index is 729. The van der Waals surface area contributed by atoms with Crippen molar-refractivity contribution in [3.8, 4) is 0 Å². The summed E-state index contributed by atoms with van der Waals surface area (Å²) in [5.74, 6) is -0.413. The summed E-state index contributed by atoms with van der Waals surface area (Å²) >= 11 is 0. The van der Waals surface area contributed by atoms with Gasteiger partial charge in [-0.05, 0) is 25.0 Å². The number of hydrogen-bond acceptors (Lipinski definition) is 3. The predicted octanol–water partition coefficient (Wildman–Crippen LogP) is 2.09. The third-order valence-electron chi connectivity index (χ3n) is 3.51. The van der Waals surface area contributed by atoms with Crippen molar-refractivity contribution in [1.82, 2.24) is 9.88 Å². The van der Waals surface area contributed by atoms with Gasteiger partial charge in [-0.25, -0.2) is 0 Å². The third kappa shape index (κ3) is 2.09. The number of hydrogen-bond donors (Lipinski definition) is 0. The Morgan fingerprint density at radius 1 is 1.15 bits per heavy atom. The zero-order valence-electron chi connectivity index (χ0n) is 11.2. The zero-order valence-corrected chi connectivity index (χ0v) is 11.2. The average molecular weight is 266 g/mol. The maximum absolute atomic E-state index is 11.8. The van der Waals surface area contributed by atoms with E-state index in [1.165, 1.54) is 11.0 Å². The molecule has 0 radical (unpaired) electrons. The largest absolute Gasteiger partial charge is 0.275 e. The summed E-state index contributed by atoms with van der Waals surface area (Å²) in [6, 6.07) is 9.86. The van der Waals surface area contributed by atoms with E-state index in [-0.39, 0.29) is 11.8 Å². The van der Waals surface area contributed by atoms with Crippen LogP contribution in [0.15, 0.2) is 48.2 Å². The van der Waals surface area contributed by atoms with Crippen LogP contribution in [0.3, 0.4) is 0 Å². The van der Waals surface area contributed by atoms with Crippen molar-refractivity contribution < 1.29 is 9.59 Å². The summed E-state index contributed by atoms with van der Waals surface area (Å²) in [5.41, 5.74) is 2.48. The van der Waals surface area contributed by atoms with Gasteiger partial charge >= 0.3 is 0 Å². The molecule has 0 unspecified atom stereocenters. The smallest absolute Gasteiger partial charge is 0.256 e. The van der Waals surface area contributed by atoms with Crippen LogP contribution in [0.25, 0.3) is 10.9 Å². The van der Waals surface area contributed by atoms with Gasteiger partial charge in [0.2, 0.25) is 0 Å². The molecule has 20 heavy (non-hydrogen) atoms. The molecule has 2 heterocycles. The van der Waals surface area contributed by atoms with Crippen LogP contribution in [0, 0.1) is 0 Å². The van der Waals surface area contributed by atoms with Gasteiger partial charge in [-0.3, -0.25) is 19.5 Å². The number of fused-ring (bicyclic) bond motifs is 1. The Kier molecular flexibility index (Phi) is 3.06. The first-order valence-corrected chi connectivity index (χ1v) is 6.53. The first-order valence-electron chi connectivity index (χ1n) is 6.53. The molecule has 0 N–H and O–H groups in total. The molecule has 0 saturated carbocycles. The van der Waals surface area contributed by atoms with Crippen LogP contribution in [0.1, 0.15) is 12.5 Å². The van der Waals surface area contributed by atoms with E-state index < -0.39 is 0 Å². The van der Waals surface area contributed by atoms with Gasteiger partial charge in [0, 0.05) is 29.8 Å². The standard InChI is InChI=1S/C16H14N2O2/c1-11-10-14(19)18(16(11)20)9-7-13-5-2-4-12-6-3-8-17-15(12)13/h2-6,8,10H,7,9H2,1H3. The second-order valence-corrected chi connectivity index (χ2v) is 4.86. The molecule has 2 aromatic rings. The monoisotopic (exact) mass is 266 g/mol. The predicted molar refractivity (Wildman–Crippen MR) is 75.9 cm³/mol. The number of amides is 2. The average Bonchev–Trinajstić information content (AvgIpc) is 2.70. The third-order valence-corrected chi connectivity index (χ3v) is 3.51. The highest BCUT2D eigenvalue weighted by atomic mass is 16.2. The maximum atomic E-state index is 11.8. The van der Waals surface area contributed by atoms with Gasteiger partial charge in [0.05, 0.1) is 5.52 Å². The molecule has 0 bridgehead atoms. The van der Waals surface area contributed by atoms with Gasteiger partial charge in [-0.2, -0.15) is 0 Å². The molecule has 4 heteroatoms. The highest BCUT2D eigenvalue weighted by Gasteiger charge is 2.27. The molecule has 4 nitrogen and oxygen atoms in total. The number of nitrogens with zero attached hydrogens (tertiary/aromatic N) is 2. The van der Waals surface area contributed by atoms with E-state index in [0.717, 1.165) is 16.5 Å². The number of pyridine rings is 1. The molecule has 0 atom stereocenters. The Balaban J connectivity index is 1.82. The minimum absolute atomic E-state index is 0.191. The van der Waals surface area contributed by atoms with Crippen molar-refractivity contribution in [3.05, 3.63) is 53.7 Å². The van der Waals surface area contributed by atoms with Gasteiger partial charge in [0.1, 0.15) is 0 Å². The lowest BCUT2D eigenvalue weighted by Crippen LogP contribution is -2.32. The highest BCUT2D eigenvalue weighted by Crippen LogP contribution is 2.18. The van der Waals surface area contributed by atoms with Crippen molar-refractivity contribution in [1.29, 1.82) is 0 Å².